The number of benzene rings is 1. The van der Waals surface area contributed by atoms with Crippen LogP contribution in [0.15, 0.2) is 28.7 Å². The molecule has 0 bridgehead atoms. The van der Waals surface area contributed by atoms with Crippen molar-refractivity contribution in [1.82, 2.24) is 0 Å². The molecule has 0 saturated heterocycles. The summed E-state index contributed by atoms with van der Waals surface area (Å²) in [4.78, 5) is 48.7. The summed E-state index contributed by atoms with van der Waals surface area (Å²) in [6.45, 7) is 6.55. The minimum atomic E-state index is -0.802. The predicted octanol–water partition coefficient (Wildman–Crippen LogP) is 4.33. The average Bonchev–Trinajstić information content (AvgIpc) is 3.11. The van der Waals surface area contributed by atoms with Crippen LogP contribution >= 0.6 is 0 Å². The van der Waals surface area contributed by atoms with Crippen molar-refractivity contribution in [2.24, 2.45) is 0 Å². The molecule has 178 valence electrons. The summed E-state index contributed by atoms with van der Waals surface area (Å²) in [5.74, 6) is -2.09. The molecule has 0 aliphatic rings. The number of rotatable bonds is 12. The number of hydrogen-bond acceptors (Lipinski definition) is 8. The summed E-state index contributed by atoms with van der Waals surface area (Å²) in [5, 5.41) is 2.36. The molecule has 33 heavy (non-hydrogen) atoms. The van der Waals surface area contributed by atoms with Gasteiger partial charge in [0.15, 0.2) is 12.4 Å². The second-order valence-electron chi connectivity index (χ2n) is 7.22. The molecule has 0 fully saturated rings. The molecule has 1 aromatic carbocycles. The van der Waals surface area contributed by atoms with Crippen molar-refractivity contribution in [3.63, 3.8) is 0 Å². The van der Waals surface area contributed by atoms with E-state index >= 15 is 0 Å². The van der Waals surface area contributed by atoms with E-state index in [1.54, 1.807) is 31.2 Å². The number of carbonyl (C=O) groups excluding carboxylic acids is 4. The molecule has 1 aromatic heterocycles. The summed E-state index contributed by atoms with van der Waals surface area (Å²) in [7, 11) is 0. The molecular formula is C24H29NO8. The zero-order chi connectivity index (χ0) is 24.4. The van der Waals surface area contributed by atoms with Crippen molar-refractivity contribution in [1.29, 1.82) is 0 Å². The topological polar surface area (TPSA) is 121 Å². The van der Waals surface area contributed by atoms with Gasteiger partial charge in [-0.3, -0.25) is 14.9 Å². The van der Waals surface area contributed by atoms with E-state index in [1.807, 2.05) is 0 Å². The highest BCUT2D eigenvalue weighted by molar-refractivity contribution is 6.10. The average molecular weight is 459 g/mol. The van der Waals surface area contributed by atoms with Crippen LogP contribution in [-0.2, 0) is 14.3 Å². The van der Waals surface area contributed by atoms with Crippen molar-refractivity contribution >= 4 is 29.5 Å². The Morgan fingerprint density at radius 2 is 1.64 bits per heavy atom. The van der Waals surface area contributed by atoms with Gasteiger partial charge in [-0.2, -0.15) is 0 Å². The highest BCUT2D eigenvalue weighted by atomic mass is 16.5. The number of furan rings is 1. The van der Waals surface area contributed by atoms with Gasteiger partial charge < -0.3 is 18.6 Å². The molecular weight excluding hydrogens is 430 g/mol. The number of ketones is 1. The highest BCUT2D eigenvalue weighted by Gasteiger charge is 2.29. The predicted molar refractivity (Wildman–Crippen MR) is 120 cm³/mol. The van der Waals surface area contributed by atoms with Gasteiger partial charge in [-0.15, -0.1) is 0 Å². The van der Waals surface area contributed by atoms with Gasteiger partial charge in [-0.25, -0.2) is 9.59 Å². The molecule has 0 unspecified atom stereocenters. The summed E-state index contributed by atoms with van der Waals surface area (Å²) >= 11 is 0. The van der Waals surface area contributed by atoms with Gasteiger partial charge in [0.25, 0.3) is 5.91 Å². The van der Waals surface area contributed by atoms with E-state index in [9.17, 15) is 19.2 Å². The standard InChI is InChI=1S/C24H29NO8/c1-5-7-8-13-31-18-11-9-17(10-12-18)23(28)32-14-19(27)25-22-21(24(29)30-6-2)20(15(3)26)16(4)33-22/h9-12H,5-8,13-14H2,1-4H3,(H,25,27). The van der Waals surface area contributed by atoms with E-state index < -0.39 is 30.2 Å². The maximum absolute atomic E-state index is 12.3. The molecule has 0 aliphatic carbocycles. The molecule has 2 aromatic rings. The Bertz CT molecular complexity index is 991. The van der Waals surface area contributed by atoms with E-state index in [0.29, 0.717) is 12.4 Å². The Balaban J connectivity index is 1.97. The van der Waals surface area contributed by atoms with Crippen LogP contribution in [0.5, 0.6) is 5.75 Å². The first-order valence-electron chi connectivity index (χ1n) is 10.8. The molecule has 1 N–H and O–H groups in total. The van der Waals surface area contributed by atoms with Crippen LogP contribution in [0.4, 0.5) is 5.88 Å². The Morgan fingerprint density at radius 3 is 2.24 bits per heavy atom. The monoisotopic (exact) mass is 459 g/mol. The van der Waals surface area contributed by atoms with Gasteiger partial charge in [-0.1, -0.05) is 19.8 Å². The van der Waals surface area contributed by atoms with Gasteiger partial charge in [0.2, 0.25) is 5.88 Å². The molecule has 0 atom stereocenters. The van der Waals surface area contributed by atoms with E-state index in [2.05, 4.69) is 12.2 Å². The SMILES string of the molecule is CCCCCOc1ccc(C(=O)OCC(=O)Nc2oc(C)c(C(C)=O)c2C(=O)OCC)cc1. The van der Waals surface area contributed by atoms with Crippen LogP contribution in [0.1, 0.15) is 76.9 Å². The fraction of sp³-hybridized carbons (Fsp3) is 0.417. The highest BCUT2D eigenvalue weighted by Crippen LogP contribution is 2.28. The van der Waals surface area contributed by atoms with Crippen LogP contribution in [0.2, 0.25) is 0 Å². The summed E-state index contributed by atoms with van der Waals surface area (Å²) < 4.78 is 21.0. The van der Waals surface area contributed by atoms with Crippen LogP contribution in [-0.4, -0.2) is 43.4 Å². The molecule has 0 saturated carbocycles. The molecule has 2 rings (SSSR count). The van der Waals surface area contributed by atoms with Crippen LogP contribution in [0, 0.1) is 6.92 Å². The quantitative estimate of drug-likeness (QED) is 0.283. The minimum Gasteiger partial charge on any atom is -0.494 e. The first-order valence-corrected chi connectivity index (χ1v) is 10.8. The largest absolute Gasteiger partial charge is 0.494 e. The number of unbranched alkanes of at least 4 members (excludes halogenated alkanes) is 2. The Hall–Kier alpha value is -3.62. The molecule has 0 spiro atoms. The zero-order valence-electron chi connectivity index (χ0n) is 19.3. The van der Waals surface area contributed by atoms with Crippen molar-refractivity contribution in [3.05, 3.63) is 46.7 Å². The smallest absolute Gasteiger partial charge is 0.344 e. The van der Waals surface area contributed by atoms with E-state index in [0.717, 1.165) is 19.3 Å². The van der Waals surface area contributed by atoms with Crippen molar-refractivity contribution < 1.29 is 37.8 Å². The lowest BCUT2D eigenvalue weighted by Crippen LogP contribution is -2.22. The lowest BCUT2D eigenvalue weighted by atomic mass is 10.1. The van der Waals surface area contributed by atoms with Crippen molar-refractivity contribution in [3.8, 4) is 5.75 Å². The summed E-state index contributed by atoms with van der Waals surface area (Å²) in [5.41, 5.74) is 0.109. The molecule has 1 amide bonds. The first kappa shape index (κ1) is 25.6. The van der Waals surface area contributed by atoms with Gasteiger partial charge in [0.1, 0.15) is 17.1 Å². The third-order valence-corrected chi connectivity index (χ3v) is 4.61. The van der Waals surface area contributed by atoms with E-state index in [-0.39, 0.29) is 34.9 Å². The first-order chi connectivity index (χ1) is 15.8. The van der Waals surface area contributed by atoms with Crippen molar-refractivity contribution in [2.75, 3.05) is 25.1 Å². The second kappa shape index (κ2) is 12.4. The number of aryl methyl sites for hydroxylation is 1. The molecule has 9 nitrogen and oxygen atoms in total. The van der Waals surface area contributed by atoms with E-state index in [4.69, 9.17) is 18.6 Å². The van der Waals surface area contributed by atoms with Crippen LogP contribution < -0.4 is 10.1 Å². The zero-order valence-corrected chi connectivity index (χ0v) is 19.3. The number of hydrogen-bond donors (Lipinski definition) is 1. The van der Waals surface area contributed by atoms with Crippen LogP contribution in [0.3, 0.4) is 0 Å². The van der Waals surface area contributed by atoms with Gasteiger partial charge >= 0.3 is 11.9 Å². The lowest BCUT2D eigenvalue weighted by Gasteiger charge is -2.08. The maximum atomic E-state index is 12.3. The number of anilines is 1. The lowest BCUT2D eigenvalue weighted by molar-refractivity contribution is -0.119. The third-order valence-electron chi connectivity index (χ3n) is 4.61. The van der Waals surface area contributed by atoms with Crippen molar-refractivity contribution in [2.45, 2.75) is 47.0 Å². The van der Waals surface area contributed by atoms with Gasteiger partial charge in [0, 0.05) is 0 Å². The maximum Gasteiger partial charge on any atom is 0.344 e. The summed E-state index contributed by atoms with van der Waals surface area (Å²) in [6, 6.07) is 6.40. The number of esters is 2. The summed E-state index contributed by atoms with van der Waals surface area (Å²) in [6.07, 6.45) is 3.14. The molecule has 0 radical (unpaired) electrons. The Labute approximate surface area is 192 Å². The number of carbonyl (C=O) groups is 4. The van der Waals surface area contributed by atoms with E-state index in [1.165, 1.54) is 13.8 Å². The molecule has 9 heteroatoms. The van der Waals surface area contributed by atoms with Crippen LogP contribution in [0.25, 0.3) is 0 Å². The number of nitrogens with one attached hydrogen (secondary N) is 1. The van der Waals surface area contributed by atoms with Gasteiger partial charge in [0.05, 0.1) is 24.3 Å². The normalized spacial score (nSPS) is 10.4. The number of Topliss-reactive ketones (excluding diaryl/α,β-unsaturated/α-hetero) is 1. The second-order valence-corrected chi connectivity index (χ2v) is 7.22. The number of ether oxygens (including phenoxy) is 3. The molecule has 1 heterocycles. The third kappa shape index (κ3) is 7.20. The fourth-order valence-corrected chi connectivity index (χ4v) is 3.06. The molecule has 0 aliphatic heterocycles. The minimum absolute atomic E-state index is 0.0257. The Kier molecular flexibility index (Phi) is 9.65. The van der Waals surface area contributed by atoms with Gasteiger partial charge in [-0.05, 0) is 51.5 Å². The number of amides is 1. The Morgan fingerprint density at radius 1 is 0.939 bits per heavy atom. The fourth-order valence-electron chi connectivity index (χ4n) is 3.06.